The molecule has 21 heavy (non-hydrogen) atoms. The minimum Gasteiger partial charge on any atom is -0.493 e. The summed E-state index contributed by atoms with van der Waals surface area (Å²) in [5.41, 5.74) is 0.985. The predicted octanol–water partition coefficient (Wildman–Crippen LogP) is 2.27. The molecule has 5 nitrogen and oxygen atoms in total. The first kappa shape index (κ1) is 17.3. The minimum atomic E-state index is -0.0792. The number of amides is 1. The summed E-state index contributed by atoms with van der Waals surface area (Å²) >= 11 is 0. The van der Waals surface area contributed by atoms with Crippen LogP contribution >= 0.6 is 0 Å². The zero-order valence-corrected chi connectivity index (χ0v) is 13.4. The second-order valence-corrected chi connectivity index (χ2v) is 4.93. The number of nitrogens with one attached hydrogen (secondary N) is 2. The van der Waals surface area contributed by atoms with E-state index in [-0.39, 0.29) is 11.9 Å². The molecule has 1 aromatic carbocycles. The summed E-state index contributed by atoms with van der Waals surface area (Å²) in [6, 6.07) is 5.68. The quantitative estimate of drug-likeness (QED) is 0.686. The Labute approximate surface area is 127 Å². The molecule has 0 saturated carbocycles. The number of hydrogen-bond acceptors (Lipinski definition) is 4. The van der Waals surface area contributed by atoms with E-state index in [0.29, 0.717) is 18.9 Å². The lowest BCUT2D eigenvalue weighted by molar-refractivity contribution is -0.120. The zero-order valence-electron chi connectivity index (χ0n) is 13.4. The van der Waals surface area contributed by atoms with Crippen LogP contribution in [0.4, 0.5) is 0 Å². The topological polar surface area (TPSA) is 59.6 Å². The molecule has 0 aromatic heterocycles. The van der Waals surface area contributed by atoms with E-state index in [0.717, 1.165) is 24.2 Å². The summed E-state index contributed by atoms with van der Waals surface area (Å²) in [5, 5.41) is 5.75. The van der Waals surface area contributed by atoms with Gasteiger partial charge in [0.2, 0.25) is 5.91 Å². The first-order valence-electron chi connectivity index (χ1n) is 7.37. The SMILES string of the molecule is CCCCOc1ccc(C(C)NC(=O)CNC)cc1OC. The van der Waals surface area contributed by atoms with E-state index in [1.54, 1.807) is 14.2 Å². The van der Waals surface area contributed by atoms with Crippen LogP contribution in [0, 0.1) is 0 Å². The van der Waals surface area contributed by atoms with Crippen LogP contribution in [0.1, 0.15) is 38.3 Å². The average molecular weight is 294 g/mol. The molecule has 1 aromatic rings. The van der Waals surface area contributed by atoms with Crippen molar-refractivity contribution in [1.82, 2.24) is 10.6 Å². The lowest BCUT2D eigenvalue weighted by Crippen LogP contribution is -2.33. The van der Waals surface area contributed by atoms with Gasteiger partial charge in [-0.15, -0.1) is 0 Å². The normalized spacial score (nSPS) is 11.8. The third-order valence-corrected chi connectivity index (χ3v) is 3.16. The van der Waals surface area contributed by atoms with E-state index in [1.807, 2.05) is 25.1 Å². The summed E-state index contributed by atoms with van der Waals surface area (Å²) in [6.07, 6.45) is 2.11. The van der Waals surface area contributed by atoms with Gasteiger partial charge < -0.3 is 20.1 Å². The van der Waals surface area contributed by atoms with E-state index in [9.17, 15) is 4.79 Å². The second-order valence-electron chi connectivity index (χ2n) is 4.93. The summed E-state index contributed by atoms with van der Waals surface area (Å²) in [7, 11) is 3.37. The van der Waals surface area contributed by atoms with Crippen LogP contribution < -0.4 is 20.1 Å². The van der Waals surface area contributed by atoms with Crippen molar-refractivity contribution in [3.63, 3.8) is 0 Å². The Morgan fingerprint density at radius 2 is 2.10 bits per heavy atom. The first-order valence-corrected chi connectivity index (χ1v) is 7.37. The Morgan fingerprint density at radius 3 is 2.71 bits per heavy atom. The van der Waals surface area contributed by atoms with Crippen molar-refractivity contribution in [1.29, 1.82) is 0 Å². The maximum atomic E-state index is 11.6. The van der Waals surface area contributed by atoms with Gasteiger partial charge in [-0.3, -0.25) is 4.79 Å². The number of carbonyl (C=O) groups is 1. The summed E-state index contributed by atoms with van der Waals surface area (Å²) in [5.74, 6) is 1.40. The molecule has 0 spiro atoms. The van der Waals surface area contributed by atoms with Gasteiger partial charge in [0.25, 0.3) is 0 Å². The average Bonchev–Trinajstić information content (AvgIpc) is 2.47. The fraction of sp³-hybridized carbons (Fsp3) is 0.562. The monoisotopic (exact) mass is 294 g/mol. The van der Waals surface area contributed by atoms with Crippen LogP contribution in [0.15, 0.2) is 18.2 Å². The standard InChI is InChI=1S/C16H26N2O3/c1-5-6-9-21-14-8-7-13(10-15(14)20-4)12(2)18-16(19)11-17-3/h7-8,10,12,17H,5-6,9,11H2,1-4H3,(H,18,19). The number of carbonyl (C=O) groups excluding carboxylic acids is 1. The van der Waals surface area contributed by atoms with Gasteiger partial charge in [-0.25, -0.2) is 0 Å². The van der Waals surface area contributed by atoms with Gasteiger partial charge in [0, 0.05) is 0 Å². The molecule has 1 atom stereocenters. The number of ether oxygens (including phenoxy) is 2. The molecule has 0 aliphatic rings. The molecule has 1 unspecified atom stereocenters. The molecule has 0 fully saturated rings. The highest BCUT2D eigenvalue weighted by atomic mass is 16.5. The van der Waals surface area contributed by atoms with E-state index < -0.39 is 0 Å². The lowest BCUT2D eigenvalue weighted by atomic mass is 10.1. The predicted molar refractivity (Wildman–Crippen MR) is 83.9 cm³/mol. The maximum Gasteiger partial charge on any atom is 0.234 e. The van der Waals surface area contributed by atoms with Crippen molar-refractivity contribution in [2.45, 2.75) is 32.7 Å². The number of likely N-dealkylation sites (N-methyl/N-ethyl adjacent to an activating group) is 1. The number of rotatable bonds is 9. The van der Waals surface area contributed by atoms with Crippen LogP contribution in [0.5, 0.6) is 11.5 Å². The van der Waals surface area contributed by atoms with Gasteiger partial charge in [0.15, 0.2) is 11.5 Å². The smallest absolute Gasteiger partial charge is 0.234 e. The summed E-state index contributed by atoms with van der Waals surface area (Å²) in [4.78, 5) is 11.6. The largest absolute Gasteiger partial charge is 0.493 e. The van der Waals surface area contributed by atoms with Crippen LogP contribution in [-0.4, -0.2) is 33.2 Å². The molecule has 0 radical (unpaired) electrons. The Kier molecular flexibility index (Phi) is 7.61. The molecule has 0 aliphatic carbocycles. The van der Waals surface area contributed by atoms with E-state index in [4.69, 9.17) is 9.47 Å². The Hall–Kier alpha value is -1.75. The van der Waals surface area contributed by atoms with Crippen molar-refractivity contribution in [3.8, 4) is 11.5 Å². The van der Waals surface area contributed by atoms with Gasteiger partial charge in [-0.2, -0.15) is 0 Å². The lowest BCUT2D eigenvalue weighted by Gasteiger charge is -2.17. The van der Waals surface area contributed by atoms with Gasteiger partial charge in [0.1, 0.15) is 0 Å². The number of hydrogen-bond donors (Lipinski definition) is 2. The van der Waals surface area contributed by atoms with Crippen molar-refractivity contribution >= 4 is 5.91 Å². The van der Waals surface area contributed by atoms with Gasteiger partial charge in [-0.05, 0) is 38.1 Å². The highest BCUT2D eigenvalue weighted by Gasteiger charge is 2.12. The van der Waals surface area contributed by atoms with Crippen LogP contribution in [-0.2, 0) is 4.79 Å². The van der Waals surface area contributed by atoms with Gasteiger partial charge in [0.05, 0.1) is 26.3 Å². The molecular weight excluding hydrogens is 268 g/mol. The first-order chi connectivity index (χ1) is 10.1. The van der Waals surface area contributed by atoms with E-state index >= 15 is 0 Å². The highest BCUT2D eigenvalue weighted by molar-refractivity contribution is 5.78. The Balaban J connectivity index is 2.73. The molecule has 1 amide bonds. The van der Waals surface area contributed by atoms with Crippen molar-refractivity contribution in [2.24, 2.45) is 0 Å². The Bertz CT molecular complexity index is 449. The maximum absolute atomic E-state index is 11.6. The Morgan fingerprint density at radius 1 is 1.33 bits per heavy atom. The molecule has 0 saturated heterocycles. The number of unbranched alkanes of at least 4 members (excludes halogenated alkanes) is 1. The molecule has 118 valence electrons. The second kappa shape index (κ2) is 9.23. The fourth-order valence-electron chi connectivity index (χ4n) is 1.94. The van der Waals surface area contributed by atoms with Crippen LogP contribution in [0.25, 0.3) is 0 Å². The molecule has 0 aliphatic heterocycles. The molecule has 5 heteroatoms. The minimum absolute atomic E-state index is 0.0350. The molecular formula is C16H26N2O3. The third-order valence-electron chi connectivity index (χ3n) is 3.16. The zero-order chi connectivity index (χ0) is 15.7. The summed E-state index contributed by atoms with van der Waals surface area (Å²) < 4.78 is 11.1. The van der Waals surface area contributed by atoms with E-state index in [2.05, 4.69) is 17.6 Å². The molecule has 1 rings (SSSR count). The highest BCUT2D eigenvalue weighted by Crippen LogP contribution is 2.30. The van der Waals surface area contributed by atoms with E-state index in [1.165, 1.54) is 0 Å². The van der Waals surface area contributed by atoms with Crippen molar-refractivity contribution < 1.29 is 14.3 Å². The molecule has 0 heterocycles. The van der Waals surface area contributed by atoms with Crippen molar-refractivity contribution in [3.05, 3.63) is 23.8 Å². The van der Waals surface area contributed by atoms with Gasteiger partial charge >= 0.3 is 0 Å². The number of benzene rings is 1. The van der Waals surface area contributed by atoms with Gasteiger partial charge in [-0.1, -0.05) is 19.4 Å². The fourth-order valence-corrected chi connectivity index (χ4v) is 1.94. The van der Waals surface area contributed by atoms with Crippen molar-refractivity contribution in [2.75, 3.05) is 27.3 Å². The molecule has 0 bridgehead atoms. The molecule has 2 N–H and O–H groups in total. The number of methoxy groups -OCH3 is 1. The van der Waals surface area contributed by atoms with Crippen LogP contribution in [0.3, 0.4) is 0 Å². The summed E-state index contributed by atoms with van der Waals surface area (Å²) in [6.45, 7) is 5.06. The third kappa shape index (κ3) is 5.63. The van der Waals surface area contributed by atoms with Crippen LogP contribution in [0.2, 0.25) is 0 Å².